The average molecular weight is 605 g/mol. The fourth-order valence-electron chi connectivity index (χ4n) is 7.57. The van der Waals surface area contributed by atoms with Crippen LogP contribution >= 0.6 is 23.2 Å². The van der Waals surface area contributed by atoms with E-state index in [1.807, 2.05) is 6.08 Å². The summed E-state index contributed by atoms with van der Waals surface area (Å²) in [5.41, 5.74) is 3.27. The van der Waals surface area contributed by atoms with Crippen molar-refractivity contribution in [1.82, 2.24) is 4.90 Å². The van der Waals surface area contributed by atoms with Crippen molar-refractivity contribution >= 4 is 58.6 Å². The van der Waals surface area contributed by atoms with Gasteiger partial charge in [-0.2, -0.15) is 0 Å². The molecule has 214 valence electrons. The van der Waals surface area contributed by atoms with E-state index in [-0.39, 0.29) is 36.8 Å². The highest BCUT2D eigenvalue weighted by Crippen LogP contribution is 2.64. The molecule has 1 N–H and O–H groups in total. The van der Waals surface area contributed by atoms with E-state index >= 15 is 0 Å². The Bertz CT molecular complexity index is 1680. The summed E-state index contributed by atoms with van der Waals surface area (Å²) in [5, 5.41) is 10.1. The first-order valence-corrected chi connectivity index (χ1v) is 14.4. The lowest BCUT2D eigenvalue weighted by Crippen LogP contribution is -2.61. The SMILES string of the molecule is C=Cc1ccc(N2C(=O)[C@H]3[C@H](CC=C4[C@H](C5=COc6ccc(O)cc6C5)[C@]5(Cl)C(=O)N(C)C(=O)[C@]5(Cl)C[C@H]43)C2=O)cc1. The minimum absolute atomic E-state index is 0.0512. The fraction of sp³-hybridized carbons (Fsp3) is 0.312. The zero-order valence-electron chi connectivity index (χ0n) is 22.6. The Morgan fingerprint density at radius 1 is 1.02 bits per heavy atom. The number of carbonyl (C=O) groups is 4. The maximum absolute atomic E-state index is 14.1. The number of likely N-dealkylation sites (tertiary alicyclic amines) is 1. The Morgan fingerprint density at radius 3 is 2.48 bits per heavy atom. The Kier molecular flexibility index (Phi) is 5.82. The van der Waals surface area contributed by atoms with Gasteiger partial charge in [-0.1, -0.05) is 36.4 Å². The van der Waals surface area contributed by atoms with Gasteiger partial charge in [0.15, 0.2) is 9.75 Å². The zero-order valence-corrected chi connectivity index (χ0v) is 24.1. The number of phenols is 1. The van der Waals surface area contributed by atoms with E-state index in [1.54, 1.807) is 42.5 Å². The number of imide groups is 2. The molecule has 5 aliphatic rings. The van der Waals surface area contributed by atoms with E-state index in [9.17, 15) is 24.3 Å². The first kappa shape index (κ1) is 27.0. The van der Waals surface area contributed by atoms with Gasteiger partial charge in [-0.15, -0.1) is 23.2 Å². The van der Waals surface area contributed by atoms with Crippen LogP contribution in [-0.2, 0) is 25.6 Å². The Balaban J connectivity index is 1.34. The number of allylic oxidation sites excluding steroid dienone is 3. The second-order valence-corrected chi connectivity index (χ2v) is 12.8. The second kappa shape index (κ2) is 9.06. The average Bonchev–Trinajstić information content (AvgIpc) is 3.31. The molecule has 3 aliphatic heterocycles. The van der Waals surface area contributed by atoms with Crippen molar-refractivity contribution in [2.45, 2.75) is 29.0 Å². The molecule has 0 unspecified atom stereocenters. The van der Waals surface area contributed by atoms with Crippen LogP contribution in [0.15, 0.2) is 72.5 Å². The van der Waals surface area contributed by atoms with Crippen LogP contribution in [0.5, 0.6) is 11.5 Å². The van der Waals surface area contributed by atoms with Gasteiger partial charge in [0.05, 0.1) is 23.8 Å². The molecule has 42 heavy (non-hydrogen) atoms. The van der Waals surface area contributed by atoms with Gasteiger partial charge in [0.1, 0.15) is 11.5 Å². The number of alkyl halides is 2. The first-order valence-electron chi connectivity index (χ1n) is 13.7. The van der Waals surface area contributed by atoms with Crippen molar-refractivity contribution < 1.29 is 29.0 Å². The van der Waals surface area contributed by atoms with E-state index in [4.69, 9.17) is 27.9 Å². The highest BCUT2D eigenvalue weighted by atomic mass is 35.5. The number of rotatable bonds is 3. The summed E-state index contributed by atoms with van der Waals surface area (Å²) in [5.74, 6) is -4.31. The number of hydrogen-bond donors (Lipinski definition) is 1. The lowest BCUT2D eigenvalue weighted by Gasteiger charge is -2.51. The summed E-state index contributed by atoms with van der Waals surface area (Å²) in [6.07, 6.45) is 5.55. The molecule has 0 aromatic heterocycles. The first-order chi connectivity index (χ1) is 20.0. The van der Waals surface area contributed by atoms with E-state index in [0.29, 0.717) is 28.1 Å². The molecule has 1 saturated carbocycles. The summed E-state index contributed by atoms with van der Waals surface area (Å²) < 4.78 is 5.91. The standard InChI is InChI=1S/C32H26Cl2N2O6/c1-3-16-4-6-19(7-5-16)36-27(38)22-10-9-21-23(25(22)28(36)39)14-31(33)29(40)35(2)30(41)32(31,34)26(21)18-12-17-13-20(37)8-11-24(17)42-15-18/h3-9,11,13,15,22-23,25-26,37H,1,10,12,14H2,2H3/t22-,23+,25-,26-,31+,32-/m0/s1. The minimum atomic E-state index is -1.88. The molecular formula is C32H26Cl2N2O6. The number of carbonyl (C=O) groups excluding carboxylic acids is 4. The number of anilines is 1. The molecule has 0 bridgehead atoms. The minimum Gasteiger partial charge on any atom is -0.508 e. The van der Waals surface area contributed by atoms with Gasteiger partial charge in [0.25, 0.3) is 11.8 Å². The highest BCUT2D eigenvalue weighted by molar-refractivity contribution is 6.53. The van der Waals surface area contributed by atoms with Crippen LogP contribution in [0.4, 0.5) is 5.69 Å². The molecule has 10 heteroatoms. The normalized spacial score (nSPS) is 33.3. The maximum Gasteiger partial charge on any atom is 0.253 e. The van der Waals surface area contributed by atoms with E-state index in [0.717, 1.165) is 10.5 Å². The number of benzene rings is 2. The molecule has 3 heterocycles. The van der Waals surface area contributed by atoms with E-state index < -0.39 is 45.2 Å². The van der Waals surface area contributed by atoms with Crippen molar-refractivity contribution in [3.63, 3.8) is 0 Å². The zero-order chi connectivity index (χ0) is 29.7. The summed E-state index contributed by atoms with van der Waals surface area (Å²) in [7, 11) is 1.35. The number of amides is 4. The van der Waals surface area contributed by atoms with Crippen LogP contribution in [0.25, 0.3) is 6.08 Å². The fourth-order valence-corrected chi connectivity index (χ4v) is 8.60. The number of halogens is 2. The van der Waals surface area contributed by atoms with Crippen LogP contribution in [0.1, 0.15) is 24.0 Å². The Hall–Kier alpha value is -3.88. The second-order valence-electron chi connectivity index (χ2n) is 11.6. The predicted octanol–water partition coefficient (Wildman–Crippen LogP) is 4.58. The van der Waals surface area contributed by atoms with Gasteiger partial charge in [-0.25, -0.2) is 0 Å². The summed E-state index contributed by atoms with van der Waals surface area (Å²) in [6.45, 7) is 3.75. The van der Waals surface area contributed by atoms with Crippen molar-refractivity contribution in [3.8, 4) is 11.5 Å². The van der Waals surface area contributed by atoms with E-state index in [1.165, 1.54) is 24.3 Å². The van der Waals surface area contributed by atoms with Crippen LogP contribution in [0.3, 0.4) is 0 Å². The molecule has 2 saturated heterocycles. The lowest BCUT2D eigenvalue weighted by atomic mass is 9.56. The lowest BCUT2D eigenvalue weighted by molar-refractivity contribution is -0.138. The third-order valence-electron chi connectivity index (χ3n) is 9.55. The summed E-state index contributed by atoms with van der Waals surface area (Å²) >= 11 is 14.5. The van der Waals surface area contributed by atoms with Gasteiger partial charge >= 0.3 is 0 Å². The van der Waals surface area contributed by atoms with Crippen LogP contribution < -0.4 is 9.64 Å². The van der Waals surface area contributed by atoms with Gasteiger partial charge in [0, 0.05) is 24.9 Å². The monoisotopic (exact) mass is 604 g/mol. The van der Waals surface area contributed by atoms with Gasteiger partial charge in [-0.05, 0) is 60.2 Å². The van der Waals surface area contributed by atoms with Crippen molar-refractivity contribution in [1.29, 1.82) is 0 Å². The molecule has 0 spiro atoms. The molecule has 2 aliphatic carbocycles. The van der Waals surface area contributed by atoms with Crippen molar-refractivity contribution in [3.05, 3.63) is 83.7 Å². The van der Waals surface area contributed by atoms with Crippen LogP contribution in [0.2, 0.25) is 0 Å². The third-order valence-corrected chi connectivity index (χ3v) is 11.0. The number of fused-ring (bicyclic) bond motifs is 5. The Morgan fingerprint density at radius 2 is 1.76 bits per heavy atom. The van der Waals surface area contributed by atoms with Gasteiger partial charge in [0.2, 0.25) is 11.8 Å². The molecule has 0 radical (unpaired) electrons. The molecule has 4 amide bonds. The van der Waals surface area contributed by atoms with Gasteiger partial charge < -0.3 is 9.84 Å². The van der Waals surface area contributed by atoms with Gasteiger partial charge in [-0.3, -0.25) is 29.0 Å². The van der Waals surface area contributed by atoms with Crippen molar-refractivity contribution in [2.75, 3.05) is 11.9 Å². The molecule has 7 rings (SSSR count). The highest BCUT2D eigenvalue weighted by Gasteiger charge is 2.76. The number of ether oxygens (including phenoxy) is 1. The number of phenolic OH excluding ortho intramolecular Hbond substituents is 1. The molecule has 8 nitrogen and oxygen atoms in total. The van der Waals surface area contributed by atoms with Crippen LogP contribution in [0, 0.1) is 23.7 Å². The molecule has 2 aromatic rings. The van der Waals surface area contributed by atoms with Crippen molar-refractivity contribution in [2.24, 2.45) is 23.7 Å². The maximum atomic E-state index is 14.1. The van der Waals surface area contributed by atoms with E-state index in [2.05, 4.69) is 6.58 Å². The number of hydrogen-bond acceptors (Lipinski definition) is 6. The molecule has 3 fully saturated rings. The number of aromatic hydroxyl groups is 1. The quantitative estimate of drug-likeness (QED) is 0.312. The predicted molar refractivity (Wildman–Crippen MR) is 156 cm³/mol. The molecule has 2 aromatic carbocycles. The van der Waals surface area contributed by atoms with Crippen LogP contribution in [-0.4, -0.2) is 50.4 Å². The smallest absolute Gasteiger partial charge is 0.253 e. The summed E-state index contributed by atoms with van der Waals surface area (Å²) in [6, 6.07) is 11.7. The molecular weight excluding hydrogens is 579 g/mol. The largest absolute Gasteiger partial charge is 0.508 e. The summed E-state index contributed by atoms with van der Waals surface area (Å²) in [4.78, 5) is 53.6. The third kappa shape index (κ3) is 3.36. The Labute approximate surface area is 251 Å². The molecule has 6 atom stereocenters. The topological polar surface area (TPSA) is 104 Å². The number of nitrogens with zero attached hydrogens (tertiary/aromatic N) is 2.